The van der Waals surface area contributed by atoms with Crippen LogP contribution in [0.5, 0.6) is 0 Å². The second-order valence-corrected chi connectivity index (χ2v) is 7.94. The summed E-state index contributed by atoms with van der Waals surface area (Å²) in [7, 11) is 0. The van der Waals surface area contributed by atoms with Crippen molar-refractivity contribution in [3.63, 3.8) is 0 Å². The van der Waals surface area contributed by atoms with Gasteiger partial charge < -0.3 is 13.6 Å². The topological polar surface area (TPSA) is 27.7 Å². The van der Waals surface area contributed by atoms with Crippen molar-refractivity contribution < 1.29 is 13.6 Å². The fraction of sp³-hybridized carbons (Fsp3) is 1.00. The molecule has 0 aliphatic heterocycles. The maximum absolute atomic E-state index is 5.81. The Bertz CT molecular complexity index is 240. The van der Waals surface area contributed by atoms with Gasteiger partial charge in [0.05, 0.1) is 24.2 Å². The van der Waals surface area contributed by atoms with Crippen LogP contribution < -0.4 is 0 Å². The molecule has 0 aromatic rings. The lowest BCUT2D eigenvalue weighted by Gasteiger charge is -2.27. The van der Waals surface area contributed by atoms with E-state index in [0.29, 0.717) is 11.8 Å². The van der Waals surface area contributed by atoms with Gasteiger partial charge in [-0.05, 0) is 32.6 Å². The van der Waals surface area contributed by atoms with Crippen LogP contribution in [0.1, 0.15) is 20.8 Å². The molecule has 0 aromatic heterocycles. The van der Waals surface area contributed by atoms with Crippen LogP contribution in [0.15, 0.2) is 0 Å². The molecule has 0 N–H and O–H groups in total. The van der Waals surface area contributed by atoms with Gasteiger partial charge in [-0.15, -0.1) is 34.8 Å². The third-order valence-corrected chi connectivity index (χ3v) is 5.04. The Balaban J connectivity index is 4.50. The Morgan fingerprint density at radius 3 is 1.76 bits per heavy atom. The summed E-state index contributed by atoms with van der Waals surface area (Å²) in [6, 6.07) is 0. The summed E-state index contributed by atoms with van der Waals surface area (Å²) in [5.41, 5.74) is 0. The molecule has 0 heterocycles. The Morgan fingerprint density at radius 1 is 1.06 bits per heavy atom. The summed E-state index contributed by atoms with van der Waals surface area (Å²) < 4.78 is 16.6. The minimum absolute atomic E-state index is 0.165. The molecule has 8 heteroatoms. The molecule has 3 atom stereocenters. The summed E-state index contributed by atoms with van der Waals surface area (Å²) in [5.74, 6) is 0.633. The van der Waals surface area contributed by atoms with Gasteiger partial charge >= 0.3 is 6.72 Å². The number of halogens is 3. The minimum Gasteiger partial charge on any atom is -0.307 e. The van der Waals surface area contributed by atoms with Crippen molar-refractivity contribution in [3.8, 4) is 0 Å². The first-order chi connectivity index (χ1) is 7.83. The summed E-state index contributed by atoms with van der Waals surface area (Å²) in [4.78, 5) is 0. The molecule has 17 heavy (non-hydrogen) atoms. The summed E-state index contributed by atoms with van der Waals surface area (Å²) in [6.45, 7) is 2.83. The number of alkyl halides is 3. The van der Waals surface area contributed by atoms with Crippen LogP contribution in [-0.4, -0.2) is 36.0 Å². The van der Waals surface area contributed by atoms with Crippen molar-refractivity contribution in [3.05, 3.63) is 0 Å². The van der Waals surface area contributed by atoms with E-state index in [2.05, 4.69) is 0 Å². The Hall–Kier alpha value is 1.40. The van der Waals surface area contributed by atoms with Gasteiger partial charge in [0.1, 0.15) is 0 Å². The fourth-order valence-corrected chi connectivity index (χ4v) is 3.90. The molecule has 0 aromatic carbocycles. The van der Waals surface area contributed by atoms with Crippen LogP contribution in [0, 0.1) is 0 Å². The first-order valence-electron chi connectivity index (χ1n) is 5.20. The second kappa shape index (κ2) is 9.33. The highest BCUT2D eigenvalue weighted by Gasteiger charge is 2.26. The van der Waals surface area contributed by atoms with Gasteiger partial charge in [-0.3, -0.25) is 0 Å². The zero-order valence-electron chi connectivity index (χ0n) is 10.1. The molecule has 0 aliphatic rings. The van der Waals surface area contributed by atoms with Gasteiger partial charge in [0.15, 0.2) is 0 Å². The van der Waals surface area contributed by atoms with Crippen LogP contribution >= 0.6 is 41.5 Å². The lowest BCUT2D eigenvalue weighted by atomic mass is 10.5. The molecule has 0 aliphatic carbocycles. The molecule has 0 amide bonds. The molecular formula is C9H18Cl3O3PS. The van der Waals surface area contributed by atoms with E-state index in [1.54, 1.807) is 20.8 Å². The molecule has 3 unspecified atom stereocenters. The third-order valence-electron chi connectivity index (χ3n) is 1.51. The minimum atomic E-state index is -2.84. The van der Waals surface area contributed by atoms with Crippen LogP contribution in [0.4, 0.5) is 0 Å². The zero-order chi connectivity index (χ0) is 13.5. The highest BCUT2D eigenvalue weighted by atomic mass is 35.5. The van der Waals surface area contributed by atoms with E-state index >= 15 is 0 Å². The molecule has 0 bridgehead atoms. The average Bonchev–Trinajstić information content (AvgIpc) is 2.26. The van der Waals surface area contributed by atoms with Crippen molar-refractivity contribution in [1.82, 2.24) is 0 Å². The molecule has 0 radical (unpaired) electrons. The predicted molar refractivity (Wildman–Crippen MR) is 78.1 cm³/mol. The van der Waals surface area contributed by atoms with Crippen LogP contribution in [0.2, 0.25) is 0 Å². The average molecular weight is 344 g/mol. The number of hydrogen-bond acceptors (Lipinski definition) is 4. The normalized spacial score (nSPS) is 20.6. The fourth-order valence-electron chi connectivity index (χ4n) is 0.777. The van der Waals surface area contributed by atoms with Crippen molar-refractivity contribution in [2.45, 2.75) is 38.4 Å². The lowest BCUT2D eigenvalue weighted by molar-refractivity contribution is 0.112. The predicted octanol–water partition coefficient (Wildman–Crippen LogP) is 4.14. The highest BCUT2D eigenvalue weighted by molar-refractivity contribution is 8.07. The van der Waals surface area contributed by atoms with E-state index < -0.39 is 6.72 Å². The van der Waals surface area contributed by atoms with E-state index in [-0.39, 0.29) is 24.2 Å². The van der Waals surface area contributed by atoms with E-state index in [4.69, 9.17) is 60.2 Å². The van der Waals surface area contributed by atoms with Gasteiger partial charge in [-0.1, -0.05) is 0 Å². The Morgan fingerprint density at radius 2 is 1.47 bits per heavy atom. The van der Waals surface area contributed by atoms with E-state index in [9.17, 15) is 0 Å². The van der Waals surface area contributed by atoms with Crippen molar-refractivity contribution in [2.24, 2.45) is 0 Å². The smallest absolute Gasteiger partial charge is 0.307 e. The summed E-state index contributed by atoms with van der Waals surface area (Å²) in [5, 5.41) is -0.165. The second-order valence-electron chi connectivity index (χ2n) is 3.66. The van der Waals surface area contributed by atoms with Crippen molar-refractivity contribution in [1.29, 1.82) is 0 Å². The molecule has 3 nitrogen and oxygen atoms in total. The molecule has 0 spiro atoms. The van der Waals surface area contributed by atoms with Gasteiger partial charge in [0.25, 0.3) is 0 Å². The Kier molecular flexibility index (Phi) is 10.1. The van der Waals surface area contributed by atoms with Crippen LogP contribution in [-0.2, 0) is 25.4 Å². The summed E-state index contributed by atoms with van der Waals surface area (Å²) >= 11 is 22.4. The van der Waals surface area contributed by atoms with Gasteiger partial charge in [0.2, 0.25) is 0 Å². The van der Waals surface area contributed by atoms with E-state index in [0.717, 1.165) is 0 Å². The molecule has 0 saturated carbocycles. The highest BCUT2D eigenvalue weighted by Crippen LogP contribution is 2.52. The SMILES string of the molecule is CC(Cl)COP(=S)(OC(C)CCl)OC(C)CCl. The van der Waals surface area contributed by atoms with Gasteiger partial charge in [-0.25, -0.2) is 0 Å². The molecular weight excluding hydrogens is 325 g/mol. The standard InChI is InChI=1S/C9H18Cl3O3PS/c1-7(12)6-13-16(17,14-8(2)4-10)15-9(3)5-11/h7-9H,4-6H2,1-3H3. The lowest BCUT2D eigenvalue weighted by Crippen LogP contribution is -2.17. The molecule has 0 rings (SSSR count). The van der Waals surface area contributed by atoms with Crippen molar-refractivity contribution >= 4 is 53.3 Å². The molecule has 0 saturated heterocycles. The first-order valence-corrected chi connectivity index (χ1v) is 9.26. The van der Waals surface area contributed by atoms with Gasteiger partial charge in [-0.2, -0.15) is 0 Å². The largest absolute Gasteiger partial charge is 0.327 e. The first kappa shape index (κ1) is 18.4. The maximum atomic E-state index is 5.81. The quantitative estimate of drug-likeness (QED) is 0.464. The Labute approximate surface area is 123 Å². The van der Waals surface area contributed by atoms with E-state index in [1.165, 1.54) is 0 Å². The summed E-state index contributed by atoms with van der Waals surface area (Å²) in [6.07, 6.45) is -0.480. The molecule has 104 valence electrons. The number of rotatable bonds is 9. The maximum Gasteiger partial charge on any atom is 0.327 e. The van der Waals surface area contributed by atoms with Crippen LogP contribution in [0.25, 0.3) is 0 Å². The molecule has 0 fully saturated rings. The third kappa shape index (κ3) is 9.01. The van der Waals surface area contributed by atoms with E-state index in [1.807, 2.05) is 0 Å². The van der Waals surface area contributed by atoms with Gasteiger partial charge in [0, 0.05) is 11.8 Å². The van der Waals surface area contributed by atoms with Crippen molar-refractivity contribution in [2.75, 3.05) is 18.4 Å². The number of hydrogen-bond donors (Lipinski definition) is 0. The van der Waals surface area contributed by atoms with Crippen LogP contribution in [0.3, 0.4) is 0 Å². The zero-order valence-corrected chi connectivity index (χ0v) is 14.0. The monoisotopic (exact) mass is 342 g/mol.